The van der Waals surface area contributed by atoms with Crippen molar-refractivity contribution in [2.24, 2.45) is 0 Å². The molecule has 0 radical (unpaired) electrons. The van der Waals surface area contributed by atoms with Crippen LogP contribution in [0, 0.1) is 11.6 Å². The highest BCUT2D eigenvalue weighted by atomic mass is 19.4. The van der Waals surface area contributed by atoms with Crippen molar-refractivity contribution in [1.82, 2.24) is 9.47 Å². The number of likely N-dealkylation sites (N-methyl/N-ethyl adjacent to an activating group) is 1. The van der Waals surface area contributed by atoms with Gasteiger partial charge in [-0.25, -0.2) is 8.78 Å². The van der Waals surface area contributed by atoms with Crippen molar-refractivity contribution < 1.29 is 31.9 Å². The van der Waals surface area contributed by atoms with Gasteiger partial charge in [0.1, 0.15) is 12.3 Å². The van der Waals surface area contributed by atoms with Crippen LogP contribution in [0.3, 0.4) is 0 Å². The summed E-state index contributed by atoms with van der Waals surface area (Å²) in [4.78, 5) is 27.8. The Morgan fingerprint density at radius 1 is 0.864 bits per heavy atom. The smallest absolute Gasteiger partial charge is 0.416 e. The number of alkyl halides is 3. The molecule has 0 spiro atoms. The first-order valence-corrected chi connectivity index (χ1v) is 13.7. The normalized spacial score (nSPS) is 11.6. The molecule has 10 heteroatoms. The summed E-state index contributed by atoms with van der Waals surface area (Å²) < 4.78 is 68.3. The fraction of sp³-hybridized carbons (Fsp3) is 0.176. The fourth-order valence-electron chi connectivity index (χ4n) is 5.08. The zero-order valence-electron chi connectivity index (χ0n) is 23.5. The predicted molar refractivity (Wildman–Crippen MR) is 157 cm³/mol. The molecule has 1 aromatic heterocycles. The molecule has 5 aromatic rings. The molecule has 1 heterocycles. The molecule has 0 saturated carbocycles. The number of aromatic nitrogens is 1. The lowest BCUT2D eigenvalue weighted by molar-refractivity contribution is -0.137. The highest BCUT2D eigenvalue weighted by Crippen LogP contribution is 2.31. The number of phenolic OH excluding ortho intramolecular Hbond substituents is 1. The first kappa shape index (κ1) is 30.5. The molecule has 4 aromatic carbocycles. The molecule has 0 aliphatic heterocycles. The lowest BCUT2D eigenvalue weighted by Crippen LogP contribution is -2.31. The predicted octanol–water partition coefficient (Wildman–Crippen LogP) is 7.11. The number of amides is 1. The molecule has 0 aliphatic rings. The van der Waals surface area contributed by atoms with E-state index in [2.05, 4.69) is 0 Å². The van der Waals surface area contributed by atoms with Gasteiger partial charge in [0.25, 0.3) is 0 Å². The summed E-state index contributed by atoms with van der Waals surface area (Å²) in [5, 5.41) is 10.4. The molecule has 0 fully saturated rings. The van der Waals surface area contributed by atoms with E-state index >= 15 is 0 Å². The number of nitrogens with zero attached hydrogens (tertiary/aromatic N) is 2. The largest absolute Gasteiger partial charge is 0.508 e. The molecule has 0 bridgehead atoms. The van der Waals surface area contributed by atoms with Gasteiger partial charge in [-0.15, -0.1) is 0 Å². The van der Waals surface area contributed by atoms with E-state index in [4.69, 9.17) is 0 Å². The first-order chi connectivity index (χ1) is 20.9. The van der Waals surface area contributed by atoms with E-state index in [1.165, 1.54) is 53.4 Å². The Kier molecular flexibility index (Phi) is 8.53. The monoisotopic (exact) mass is 606 g/mol. The summed E-state index contributed by atoms with van der Waals surface area (Å²) >= 11 is 0. The van der Waals surface area contributed by atoms with Crippen molar-refractivity contribution in [3.8, 4) is 16.9 Å². The van der Waals surface area contributed by atoms with Gasteiger partial charge in [0, 0.05) is 36.8 Å². The number of phenols is 1. The molecule has 0 unspecified atom stereocenters. The van der Waals surface area contributed by atoms with E-state index in [9.17, 15) is 36.6 Å². The van der Waals surface area contributed by atoms with Crippen molar-refractivity contribution in [2.75, 3.05) is 7.05 Å². The number of hydrogen-bond donors (Lipinski definition) is 1. The van der Waals surface area contributed by atoms with E-state index < -0.39 is 23.4 Å². The average Bonchev–Trinajstić information content (AvgIpc) is 2.99. The Morgan fingerprint density at radius 3 is 2.18 bits per heavy atom. The molecular weight excluding hydrogens is 579 g/mol. The minimum atomic E-state index is -4.42. The Labute approximate surface area is 249 Å². The van der Waals surface area contributed by atoms with E-state index in [-0.39, 0.29) is 54.0 Å². The Hall–Kier alpha value is -4.99. The van der Waals surface area contributed by atoms with Crippen LogP contribution >= 0.6 is 0 Å². The number of carbonyl (C=O) groups excluding carboxylic acids is 1. The van der Waals surface area contributed by atoms with E-state index in [0.29, 0.717) is 16.8 Å². The fourth-order valence-corrected chi connectivity index (χ4v) is 5.08. The maximum atomic E-state index is 14.3. The van der Waals surface area contributed by atoms with Crippen LogP contribution in [0.4, 0.5) is 22.0 Å². The van der Waals surface area contributed by atoms with Crippen molar-refractivity contribution in [3.05, 3.63) is 135 Å². The van der Waals surface area contributed by atoms with Crippen LogP contribution in [0.5, 0.6) is 5.75 Å². The number of halogens is 5. The minimum Gasteiger partial charge on any atom is -0.508 e. The van der Waals surface area contributed by atoms with Crippen molar-refractivity contribution in [3.63, 3.8) is 0 Å². The zero-order chi connectivity index (χ0) is 31.6. The maximum Gasteiger partial charge on any atom is 0.416 e. The number of hydrogen-bond acceptors (Lipinski definition) is 3. The van der Waals surface area contributed by atoms with Crippen LogP contribution in [0.15, 0.2) is 95.8 Å². The lowest BCUT2D eigenvalue weighted by atomic mass is 10.0. The van der Waals surface area contributed by atoms with E-state index in [1.54, 1.807) is 35.9 Å². The molecule has 44 heavy (non-hydrogen) atoms. The molecule has 1 amide bonds. The van der Waals surface area contributed by atoms with Crippen molar-refractivity contribution in [2.45, 2.75) is 32.1 Å². The van der Waals surface area contributed by atoms with Gasteiger partial charge in [-0.3, -0.25) is 9.59 Å². The topological polar surface area (TPSA) is 62.5 Å². The summed E-state index contributed by atoms with van der Waals surface area (Å²) in [5.41, 5.74) is 1.93. The van der Waals surface area contributed by atoms with Crippen LogP contribution < -0.4 is 5.43 Å². The number of fused-ring (bicyclic) bond motifs is 1. The molecule has 226 valence electrons. The number of carbonyl (C=O) groups is 1. The highest BCUT2D eigenvalue weighted by molar-refractivity contribution is 5.83. The van der Waals surface area contributed by atoms with Crippen molar-refractivity contribution in [1.29, 1.82) is 0 Å². The second kappa shape index (κ2) is 12.3. The molecule has 0 aliphatic carbocycles. The summed E-state index contributed by atoms with van der Waals surface area (Å²) in [7, 11) is 1.61. The van der Waals surface area contributed by atoms with Crippen LogP contribution in [0.2, 0.25) is 0 Å². The number of rotatable bonds is 8. The molecule has 0 saturated heterocycles. The summed E-state index contributed by atoms with van der Waals surface area (Å²) in [5.74, 6) is -2.37. The second-order valence-electron chi connectivity index (χ2n) is 10.5. The molecule has 0 atom stereocenters. The van der Waals surface area contributed by atoms with Gasteiger partial charge in [-0.2, -0.15) is 13.2 Å². The summed E-state index contributed by atoms with van der Waals surface area (Å²) in [6.07, 6.45) is -4.21. The SMILES string of the molecule is CN(Cc1ccc(-c2ccc(C(F)(F)F)cc2)cc1)C(=O)Cn1c(CCc2cccc(F)c2F)cc(=O)c2ccc(O)cc21. The van der Waals surface area contributed by atoms with Crippen LogP contribution in [0.25, 0.3) is 22.0 Å². The van der Waals surface area contributed by atoms with Gasteiger partial charge < -0.3 is 14.6 Å². The third-order valence-electron chi connectivity index (χ3n) is 7.50. The second-order valence-corrected chi connectivity index (χ2v) is 10.5. The molecule has 5 rings (SSSR count). The van der Waals surface area contributed by atoms with E-state index in [0.717, 1.165) is 29.3 Å². The van der Waals surface area contributed by atoms with Gasteiger partial charge in [0.05, 0.1) is 11.1 Å². The van der Waals surface area contributed by atoms with Gasteiger partial charge in [-0.1, -0.05) is 48.5 Å². The Morgan fingerprint density at radius 2 is 1.52 bits per heavy atom. The highest BCUT2D eigenvalue weighted by Gasteiger charge is 2.30. The quantitative estimate of drug-likeness (QED) is 0.192. The van der Waals surface area contributed by atoms with Gasteiger partial charge in [0.2, 0.25) is 5.91 Å². The summed E-state index contributed by atoms with van der Waals surface area (Å²) in [6.45, 7) is 0.0285. The van der Waals surface area contributed by atoms with Crippen LogP contribution in [0.1, 0.15) is 22.4 Å². The number of benzene rings is 4. The lowest BCUT2D eigenvalue weighted by Gasteiger charge is -2.22. The van der Waals surface area contributed by atoms with Gasteiger partial charge in [0.15, 0.2) is 17.1 Å². The minimum absolute atomic E-state index is 0.0721. The third-order valence-corrected chi connectivity index (χ3v) is 7.50. The van der Waals surface area contributed by atoms with E-state index in [1.807, 2.05) is 0 Å². The molecule has 5 nitrogen and oxygen atoms in total. The number of aromatic hydroxyl groups is 1. The molecular formula is C34H27F5N2O3. The number of pyridine rings is 1. The van der Waals surface area contributed by atoms with Crippen LogP contribution in [-0.2, 0) is 36.9 Å². The van der Waals surface area contributed by atoms with Gasteiger partial charge in [-0.05, 0) is 65.4 Å². The average molecular weight is 607 g/mol. The molecule has 1 N–H and O–H groups in total. The maximum absolute atomic E-state index is 14.3. The zero-order valence-corrected chi connectivity index (χ0v) is 23.5. The Balaban J connectivity index is 1.35. The summed E-state index contributed by atoms with van der Waals surface area (Å²) in [6, 6.07) is 21.4. The van der Waals surface area contributed by atoms with Crippen molar-refractivity contribution >= 4 is 16.8 Å². The third kappa shape index (κ3) is 6.64. The van der Waals surface area contributed by atoms with Gasteiger partial charge >= 0.3 is 6.18 Å². The first-order valence-electron chi connectivity index (χ1n) is 13.7. The van der Waals surface area contributed by atoms with Crippen LogP contribution in [-0.4, -0.2) is 27.5 Å². The number of aryl methyl sites for hydroxylation is 2. The standard InChI is InChI=1S/C34H27F5N2O3/c1-40(19-21-5-7-22(8-6-21)23-9-12-25(13-10-23)34(37,38)39)32(44)20-41-26(14-11-24-3-2-4-29(35)33(24)36)17-31(43)28-16-15-27(42)18-30(28)41/h2-10,12-13,15-18,42H,11,14,19-20H2,1H3. The Bertz CT molecular complexity index is 1880.